The summed E-state index contributed by atoms with van der Waals surface area (Å²) in [4.78, 5) is 7.24. The quantitative estimate of drug-likeness (QED) is 0.323. The zero-order chi connectivity index (χ0) is 13.6. The molecule has 0 saturated carbocycles. The van der Waals surface area contributed by atoms with Crippen molar-refractivity contribution >= 4 is 16.0 Å². The smallest absolute Gasteiger partial charge is 0.246 e. The maximum atomic E-state index is 12.1. The van der Waals surface area contributed by atoms with Crippen molar-refractivity contribution in [2.24, 2.45) is 5.84 Å². The van der Waals surface area contributed by atoms with Crippen LogP contribution in [0.25, 0.3) is 0 Å². The normalized spacial score (nSPS) is 11.8. The Morgan fingerprint density at radius 3 is 2.11 bits per heavy atom. The molecule has 0 fully saturated rings. The Hall–Kier alpha value is -1.33. The Morgan fingerprint density at radius 1 is 1.22 bits per heavy atom. The summed E-state index contributed by atoms with van der Waals surface area (Å²) >= 11 is 0. The van der Waals surface area contributed by atoms with Crippen LogP contribution in [0.5, 0.6) is 0 Å². The van der Waals surface area contributed by atoms with Crippen LogP contribution in [0.4, 0.5) is 5.95 Å². The average molecular weight is 277 g/mol. The Kier molecular flexibility index (Phi) is 5.37. The monoisotopic (exact) mass is 277 g/mol. The summed E-state index contributed by atoms with van der Waals surface area (Å²) in [6.45, 7) is -0.912. The van der Waals surface area contributed by atoms with Gasteiger partial charge in [0.15, 0.2) is 0 Å². The Bertz CT molecular complexity index is 457. The molecule has 0 unspecified atom stereocenters. The van der Waals surface area contributed by atoms with Crippen molar-refractivity contribution in [2.75, 3.05) is 31.7 Å². The van der Waals surface area contributed by atoms with Crippen LogP contribution >= 0.6 is 0 Å². The first-order valence-corrected chi connectivity index (χ1v) is 6.50. The fourth-order valence-electron chi connectivity index (χ4n) is 1.25. The van der Waals surface area contributed by atoms with Crippen LogP contribution in [0.15, 0.2) is 17.3 Å². The number of nitrogens with one attached hydrogen (secondary N) is 1. The zero-order valence-corrected chi connectivity index (χ0v) is 10.3. The molecule has 9 nitrogen and oxygen atoms in total. The highest BCUT2D eigenvalue weighted by molar-refractivity contribution is 7.89. The number of hydrogen-bond acceptors (Lipinski definition) is 8. The lowest BCUT2D eigenvalue weighted by molar-refractivity contribution is 0.217. The highest BCUT2D eigenvalue weighted by Gasteiger charge is 2.24. The maximum absolute atomic E-state index is 12.1. The third-order valence-corrected chi connectivity index (χ3v) is 3.95. The van der Waals surface area contributed by atoms with Crippen molar-refractivity contribution in [3.8, 4) is 0 Å². The van der Waals surface area contributed by atoms with Crippen molar-refractivity contribution in [2.45, 2.75) is 4.90 Å². The van der Waals surface area contributed by atoms with E-state index in [1.807, 2.05) is 0 Å². The molecular formula is C8H15N5O4S. The van der Waals surface area contributed by atoms with Gasteiger partial charge in [0.05, 0.1) is 25.6 Å². The van der Waals surface area contributed by atoms with Gasteiger partial charge in [-0.25, -0.2) is 24.2 Å². The highest BCUT2D eigenvalue weighted by Crippen LogP contribution is 2.13. The summed E-state index contributed by atoms with van der Waals surface area (Å²) in [5.74, 6) is 5.15. The van der Waals surface area contributed by atoms with Gasteiger partial charge in [-0.2, -0.15) is 4.31 Å². The molecule has 10 heteroatoms. The predicted octanol–water partition coefficient (Wildman–Crippen LogP) is -2.26. The molecule has 102 valence electrons. The van der Waals surface area contributed by atoms with Gasteiger partial charge in [-0.15, -0.1) is 0 Å². The molecule has 1 aromatic rings. The first-order chi connectivity index (χ1) is 8.56. The molecule has 18 heavy (non-hydrogen) atoms. The summed E-state index contributed by atoms with van der Waals surface area (Å²) in [6, 6.07) is 0. The molecule has 0 aliphatic heterocycles. The third kappa shape index (κ3) is 3.34. The van der Waals surface area contributed by atoms with Gasteiger partial charge in [-0.3, -0.25) is 5.43 Å². The molecule has 0 aliphatic carbocycles. The van der Waals surface area contributed by atoms with Gasteiger partial charge in [0.1, 0.15) is 4.90 Å². The molecule has 0 amide bonds. The lowest BCUT2D eigenvalue weighted by Crippen LogP contribution is -2.36. The maximum Gasteiger partial charge on any atom is 0.246 e. The number of hydrazine groups is 1. The van der Waals surface area contributed by atoms with Crippen LogP contribution in [-0.4, -0.2) is 59.2 Å². The molecule has 1 heterocycles. The lowest BCUT2D eigenvalue weighted by atomic mass is 10.6. The number of nitrogens with zero attached hydrogens (tertiary/aromatic N) is 3. The summed E-state index contributed by atoms with van der Waals surface area (Å²) in [7, 11) is -3.83. The van der Waals surface area contributed by atoms with E-state index >= 15 is 0 Å². The second-order valence-electron chi connectivity index (χ2n) is 3.24. The largest absolute Gasteiger partial charge is 0.395 e. The van der Waals surface area contributed by atoms with Gasteiger partial charge in [0.25, 0.3) is 0 Å². The second kappa shape index (κ2) is 6.56. The summed E-state index contributed by atoms with van der Waals surface area (Å²) in [5, 5.41) is 17.6. The van der Waals surface area contributed by atoms with E-state index in [0.29, 0.717) is 0 Å². The number of anilines is 1. The van der Waals surface area contributed by atoms with Gasteiger partial charge in [0.2, 0.25) is 16.0 Å². The van der Waals surface area contributed by atoms with Crippen molar-refractivity contribution in [3.05, 3.63) is 12.4 Å². The Balaban J connectivity index is 3.01. The topological polar surface area (TPSA) is 142 Å². The summed E-state index contributed by atoms with van der Waals surface area (Å²) in [5.41, 5.74) is 2.17. The fourth-order valence-corrected chi connectivity index (χ4v) is 2.56. The van der Waals surface area contributed by atoms with Crippen LogP contribution in [0.1, 0.15) is 0 Å². The zero-order valence-electron chi connectivity index (χ0n) is 9.52. The SMILES string of the molecule is NNc1ncc(S(=O)(=O)N(CCO)CCO)cn1. The number of nitrogens with two attached hydrogens (primary N) is 1. The van der Waals surface area contributed by atoms with E-state index in [0.717, 1.165) is 16.7 Å². The number of sulfonamides is 1. The fraction of sp³-hybridized carbons (Fsp3) is 0.500. The first-order valence-electron chi connectivity index (χ1n) is 5.06. The van der Waals surface area contributed by atoms with E-state index in [2.05, 4.69) is 15.4 Å². The number of nitrogen functional groups attached to an aromatic ring is 1. The van der Waals surface area contributed by atoms with Gasteiger partial charge in [-0.1, -0.05) is 0 Å². The molecular weight excluding hydrogens is 262 g/mol. The molecule has 0 aliphatic rings. The van der Waals surface area contributed by atoms with E-state index < -0.39 is 10.0 Å². The predicted molar refractivity (Wildman–Crippen MR) is 62.8 cm³/mol. The van der Waals surface area contributed by atoms with Crippen LogP contribution in [0, 0.1) is 0 Å². The third-order valence-electron chi connectivity index (χ3n) is 2.09. The van der Waals surface area contributed by atoms with Crippen molar-refractivity contribution < 1.29 is 18.6 Å². The lowest BCUT2D eigenvalue weighted by Gasteiger charge is -2.19. The van der Waals surface area contributed by atoms with Crippen LogP contribution < -0.4 is 11.3 Å². The molecule has 5 N–H and O–H groups in total. The number of aliphatic hydroxyl groups excluding tert-OH is 2. The summed E-state index contributed by atoms with van der Waals surface area (Å²) in [6.07, 6.45) is 2.19. The van der Waals surface area contributed by atoms with Gasteiger partial charge in [0, 0.05) is 13.1 Å². The van der Waals surface area contributed by atoms with E-state index in [-0.39, 0.29) is 37.1 Å². The van der Waals surface area contributed by atoms with Crippen LogP contribution in [-0.2, 0) is 10.0 Å². The summed E-state index contributed by atoms with van der Waals surface area (Å²) < 4.78 is 25.1. The Morgan fingerprint density at radius 2 is 1.72 bits per heavy atom. The second-order valence-corrected chi connectivity index (χ2v) is 5.18. The van der Waals surface area contributed by atoms with Crippen molar-refractivity contribution in [1.29, 1.82) is 0 Å². The van der Waals surface area contributed by atoms with Gasteiger partial charge < -0.3 is 10.2 Å². The van der Waals surface area contributed by atoms with E-state index in [1.165, 1.54) is 0 Å². The minimum Gasteiger partial charge on any atom is -0.395 e. The minimum atomic E-state index is -3.83. The van der Waals surface area contributed by atoms with E-state index in [1.54, 1.807) is 0 Å². The molecule has 0 atom stereocenters. The van der Waals surface area contributed by atoms with Crippen molar-refractivity contribution in [3.63, 3.8) is 0 Å². The number of aliphatic hydroxyl groups is 2. The highest BCUT2D eigenvalue weighted by atomic mass is 32.2. The van der Waals surface area contributed by atoms with E-state index in [4.69, 9.17) is 16.1 Å². The molecule has 0 radical (unpaired) electrons. The number of hydrogen-bond donors (Lipinski definition) is 4. The van der Waals surface area contributed by atoms with Gasteiger partial charge in [-0.05, 0) is 0 Å². The van der Waals surface area contributed by atoms with E-state index in [9.17, 15) is 8.42 Å². The standard InChI is InChI=1S/C8H15N5O4S/c9-12-8-10-5-7(6-11-8)18(16,17)13(1-3-14)2-4-15/h5-6,14-15H,1-4,9H2,(H,10,11,12). The average Bonchev–Trinajstić information content (AvgIpc) is 2.38. The molecule has 1 rings (SSSR count). The molecule has 0 saturated heterocycles. The number of aromatic nitrogens is 2. The molecule has 1 aromatic heterocycles. The minimum absolute atomic E-state index is 0.0878. The number of rotatable bonds is 7. The van der Waals surface area contributed by atoms with Crippen LogP contribution in [0.2, 0.25) is 0 Å². The molecule has 0 bridgehead atoms. The molecule has 0 spiro atoms. The van der Waals surface area contributed by atoms with Crippen LogP contribution in [0.3, 0.4) is 0 Å². The van der Waals surface area contributed by atoms with Crippen molar-refractivity contribution in [1.82, 2.24) is 14.3 Å². The van der Waals surface area contributed by atoms with Gasteiger partial charge >= 0.3 is 0 Å². The first kappa shape index (κ1) is 14.7. The Labute approximate surface area is 104 Å². The molecule has 0 aromatic carbocycles.